The van der Waals surface area contributed by atoms with Crippen molar-refractivity contribution in [3.05, 3.63) is 50.6 Å². The first-order valence-corrected chi connectivity index (χ1v) is 36.7. The normalized spacial score (nSPS) is 20.2. The van der Waals surface area contributed by atoms with E-state index < -0.39 is 57.0 Å². The van der Waals surface area contributed by atoms with Gasteiger partial charge in [0.25, 0.3) is 11.4 Å². The highest BCUT2D eigenvalue weighted by atomic mass is 16.8. The van der Waals surface area contributed by atoms with Crippen LogP contribution in [-0.4, -0.2) is 347 Å². The highest BCUT2D eigenvalue weighted by Gasteiger charge is 2.53. The van der Waals surface area contributed by atoms with E-state index in [2.05, 4.69) is 51.8 Å². The van der Waals surface area contributed by atoms with Crippen molar-refractivity contribution in [3.8, 4) is 23.8 Å². The van der Waals surface area contributed by atoms with Crippen molar-refractivity contribution in [1.29, 1.82) is 0 Å². The van der Waals surface area contributed by atoms with Gasteiger partial charge in [-0.1, -0.05) is 0 Å². The topological polar surface area (TPSA) is 474 Å². The molecule has 0 unspecified atom stereocenters. The van der Waals surface area contributed by atoms with Crippen molar-refractivity contribution < 1.29 is 133 Å². The van der Waals surface area contributed by atoms with Crippen LogP contribution in [0.1, 0.15) is 40.5 Å². The molecular weight excluding hydrogens is 1480 g/mol. The van der Waals surface area contributed by atoms with Crippen LogP contribution in [0.3, 0.4) is 0 Å². The Hall–Kier alpha value is -7.57. The molecule has 4 saturated heterocycles. The number of non-ortho nitro benzene ring substituents is 1. The molecule has 0 saturated carbocycles. The van der Waals surface area contributed by atoms with Gasteiger partial charge in [0, 0.05) is 50.7 Å². The van der Waals surface area contributed by atoms with Gasteiger partial charge in [-0.15, -0.1) is 0 Å². The molecular formula is C69H110N12O30. The van der Waals surface area contributed by atoms with Gasteiger partial charge in [-0.3, -0.25) is 34.6 Å². The van der Waals surface area contributed by atoms with Crippen LogP contribution in [-0.2, 0) is 104 Å². The van der Waals surface area contributed by atoms with E-state index in [1.54, 1.807) is 12.1 Å². The lowest BCUT2D eigenvalue weighted by Crippen LogP contribution is -2.55. The first kappa shape index (κ1) is 90.6. The summed E-state index contributed by atoms with van der Waals surface area (Å²) >= 11 is 0. The number of fused-ring (bicyclic) bond motifs is 2. The molecule has 3 amide bonds. The predicted molar refractivity (Wildman–Crippen MR) is 388 cm³/mol. The Bertz CT molecular complexity index is 3020. The first-order chi connectivity index (χ1) is 53.7. The Labute approximate surface area is 643 Å². The maximum absolute atomic E-state index is 13.0. The second kappa shape index (κ2) is 50.5. The van der Waals surface area contributed by atoms with Crippen LogP contribution in [0.2, 0.25) is 0 Å². The van der Waals surface area contributed by atoms with Gasteiger partial charge in [-0.25, -0.2) is 0 Å². The van der Waals surface area contributed by atoms with Crippen molar-refractivity contribution in [2.24, 2.45) is 0 Å². The number of nitrogens with zero attached hydrogens (tertiary/aromatic N) is 6. The van der Waals surface area contributed by atoms with E-state index in [0.29, 0.717) is 116 Å². The minimum Gasteiger partial charge on any atom is -0.481 e. The molecule has 0 aliphatic carbocycles. The Morgan fingerprint density at radius 1 is 0.468 bits per heavy atom. The van der Waals surface area contributed by atoms with Crippen molar-refractivity contribution in [2.75, 3.05) is 249 Å². The number of aromatic nitrogens is 4. The minimum atomic E-state index is -0.833. The lowest BCUT2D eigenvalue weighted by Gasteiger charge is -2.37. The number of anilines is 3. The zero-order valence-corrected chi connectivity index (χ0v) is 64.3. The third-order valence-corrected chi connectivity index (χ3v) is 16.5. The first-order valence-electron chi connectivity index (χ1n) is 36.7. The van der Waals surface area contributed by atoms with Gasteiger partial charge in [0.1, 0.15) is 60.6 Å². The van der Waals surface area contributed by atoms with Crippen LogP contribution in [0.15, 0.2) is 30.3 Å². The summed E-state index contributed by atoms with van der Waals surface area (Å²) in [4.78, 5) is 76.2. The number of hydrogen-bond acceptors (Lipinski definition) is 37. The van der Waals surface area contributed by atoms with Gasteiger partial charge in [0.05, 0.1) is 241 Å². The Morgan fingerprint density at radius 2 is 0.865 bits per heavy atom. The second-order valence-corrected chi connectivity index (χ2v) is 25.8. The fraction of sp³-hybridized carbons (Fsp3) is 0.754. The number of nitrogens with one attached hydrogen (secondary N) is 6. The fourth-order valence-electron chi connectivity index (χ4n) is 11.3. The van der Waals surface area contributed by atoms with E-state index in [4.69, 9.17) is 109 Å². The van der Waals surface area contributed by atoms with Crippen molar-refractivity contribution >= 4 is 46.4 Å². The van der Waals surface area contributed by atoms with Crippen molar-refractivity contribution in [2.45, 2.75) is 107 Å². The zero-order chi connectivity index (χ0) is 79.5. The summed E-state index contributed by atoms with van der Waals surface area (Å²) in [6.45, 7) is 14.2. The largest absolute Gasteiger partial charge is 0.481 e. The number of methoxy groups -OCH3 is 4. The Balaban J connectivity index is 0.683. The SMILES string of the molecule is COc1cc(N[C@@H]2CO[C@H](COCCOCCOCCOCCNC(=O)CCOCC(COCCC(=O)NCCOCCOCCOCCOC[C@H]3OC[C@@H](Nc4cc(OC)nc(OC)n4)[C@H]4OC(C)(C)O[C@H]43)NC(=O)COCCOCCOCCNc3ccc([N+](=O)[O-])cc3[N+](=O)[O-])[C@@H]3OC(C)(C)O[C@@H]32)nc(OC)n1. The summed E-state index contributed by atoms with van der Waals surface area (Å²) in [6.07, 6.45) is -2.20. The average Bonchev–Trinajstić information content (AvgIpc) is 1.64. The summed E-state index contributed by atoms with van der Waals surface area (Å²) < 4.78 is 132. The number of nitro groups is 2. The van der Waals surface area contributed by atoms with Crippen molar-refractivity contribution in [3.63, 3.8) is 0 Å². The summed E-state index contributed by atoms with van der Waals surface area (Å²) in [7, 11) is 5.97. The van der Waals surface area contributed by atoms with Crippen LogP contribution in [0.4, 0.5) is 28.7 Å². The fourth-order valence-corrected chi connectivity index (χ4v) is 11.3. The molecule has 8 atom stereocenters. The third-order valence-electron chi connectivity index (χ3n) is 16.5. The van der Waals surface area contributed by atoms with Gasteiger partial charge in [0.2, 0.25) is 29.5 Å². The highest BCUT2D eigenvalue weighted by Crippen LogP contribution is 2.39. The van der Waals surface area contributed by atoms with Gasteiger partial charge in [0.15, 0.2) is 11.6 Å². The van der Waals surface area contributed by atoms with Crippen molar-refractivity contribution in [1.82, 2.24) is 35.9 Å². The lowest BCUT2D eigenvalue weighted by molar-refractivity contribution is -0.393. The Morgan fingerprint density at radius 3 is 1.27 bits per heavy atom. The predicted octanol–water partition coefficient (Wildman–Crippen LogP) is 1.04. The molecule has 0 radical (unpaired) electrons. The van der Waals surface area contributed by atoms with Crippen LogP contribution in [0.25, 0.3) is 0 Å². The van der Waals surface area contributed by atoms with E-state index in [-0.39, 0.29) is 191 Å². The molecule has 6 N–H and O–H groups in total. The standard InChI is InChI=1S/C69H110N12O30/c1-68(2)108-62-50(74-55-38-60(89-5)78-66(76-55)91-7)42-106-53(64(62)110-68)44-103-34-31-99-29-27-96-24-22-94-19-14-71-57(82)11-16-101-40-47(73-59(84)46-105-36-33-98-26-21-93-18-13-70-49-10-9-48(80(85)86)37-52(49)81(87)88)41-102-17-12-58(83)72-15-20-95-23-25-97-28-30-100-32-35-104-45-54-65-63(109-69(3,4)111-65)51(43-107-54)75-56-39-61(90-6)79-67(77-56)92-8/h9-10,37-39,47,50-51,53-54,62-65,70H,11-36,40-46H2,1-8H3,(H,71,82)(H,72,83)(H,73,84)(H,74,76,78)(H,75,77,79)/t50-,51-,53-,54-,62-,63-,64+,65+/m1/s1. The van der Waals surface area contributed by atoms with E-state index in [9.17, 15) is 34.6 Å². The summed E-state index contributed by atoms with van der Waals surface area (Å²) in [5, 5.41) is 40.3. The summed E-state index contributed by atoms with van der Waals surface area (Å²) in [6, 6.07) is 5.70. The smallest absolute Gasteiger partial charge is 0.321 e. The molecule has 42 nitrogen and oxygen atoms in total. The lowest BCUT2D eigenvalue weighted by atomic mass is 9.98. The number of rotatable bonds is 61. The van der Waals surface area contributed by atoms with Crippen LogP contribution >= 0.6 is 0 Å². The molecule has 6 heterocycles. The third kappa shape index (κ3) is 34.3. The summed E-state index contributed by atoms with van der Waals surface area (Å²) in [5.41, 5.74) is -0.714. The van der Waals surface area contributed by atoms with E-state index in [1.165, 1.54) is 40.6 Å². The molecule has 4 aliphatic heterocycles. The van der Waals surface area contributed by atoms with Crippen LogP contribution in [0, 0.1) is 20.2 Å². The number of hydrogen-bond donors (Lipinski definition) is 6. The average molecular weight is 1590 g/mol. The Kier molecular flexibility index (Phi) is 41.2. The molecule has 3 aromatic rings. The van der Waals surface area contributed by atoms with Gasteiger partial charge >= 0.3 is 12.0 Å². The minimum absolute atomic E-state index is 0.0206. The monoisotopic (exact) mass is 1590 g/mol. The van der Waals surface area contributed by atoms with Gasteiger partial charge < -0.3 is 141 Å². The molecule has 4 aliphatic rings. The molecule has 111 heavy (non-hydrogen) atoms. The van der Waals surface area contributed by atoms with Gasteiger partial charge in [-0.2, -0.15) is 19.9 Å². The molecule has 2 aromatic heterocycles. The molecule has 0 bridgehead atoms. The molecule has 626 valence electrons. The number of carbonyl (C=O) groups is 3. The summed E-state index contributed by atoms with van der Waals surface area (Å²) in [5.74, 6) is -1.02. The number of nitro benzene ring substituents is 2. The molecule has 7 rings (SSSR count). The molecule has 42 heteroatoms. The maximum Gasteiger partial charge on any atom is 0.321 e. The highest BCUT2D eigenvalue weighted by molar-refractivity contribution is 5.77. The number of carbonyl (C=O) groups excluding carboxylic acids is 3. The van der Waals surface area contributed by atoms with Gasteiger partial charge in [-0.05, 0) is 33.8 Å². The second-order valence-electron chi connectivity index (χ2n) is 25.8. The van der Waals surface area contributed by atoms with Crippen LogP contribution < -0.4 is 50.8 Å². The van der Waals surface area contributed by atoms with E-state index in [1.807, 2.05) is 27.7 Å². The van der Waals surface area contributed by atoms with Crippen LogP contribution in [0.5, 0.6) is 23.8 Å². The number of ether oxygens (including phenoxy) is 23. The molecule has 0 spiro atoms. The quantitative estimate of drug-likeness (QED) is 0.0261. The number of amides is 3. The number of benzene rings is 1. The maximum atomic E-state index is 13.0. The molecule has 4 fully saturated rings. The zero-order valence-electron chi connectivity index (χ0n) is 64.3. The van der Waals surface area contributed by atoms with E-state index in [0.717, 1.165) is 6.07 Å². The molecule has 1 aromatic carbocycles. The van der Waals surface area contributed by atoms with E-state index >= 15 is 0 Å².